The third-order valence-electron chi connectivity index (χ3n) is 2.42. The van der Waals surface area contributed by atoms with Gasteiger partial charge in [-0.2, -0.15) is 0 Å². The van der Waals surface area contributed by atoms with E-state index in [-0.39, 0.29) is 18.5 Å². The molecule has 4 heteroatoms. The van der Waals surface area contributed by atoms with Crippen LogP contribution in [0.15, 0.2) is 28.7 Å². The fourth-order valence-corrected chi connectivity index (χ4v) is 1.90. The van der Waals surface area contributed by atoms with Crippen LogP contribution in [0.4, 0.5) is 0 Å². The van der Waals surface area contributed by atoms with E-state index in [0.29, 0.717) is 6.54 Å². The fraction of sp³-hybridized carbons (Fsp3) is 0.417. The highest BCUT2D eigenvalue weighted by molar-refractivity contribution is 9.10. The van der Waals surface area contributed by atoms with E-state index in [9.17, 15) is 4.79 Å². The molecule has 1 aromatic carbocycles. The molecule has 0 aromatic heterocycles. The van der Waals surface area contributed by atoms with Gasteiger partial charge in [0.15, 0.2) is 0 Å². The number of carbonyl (C=O) groups excluding carboxylic acids is 1. The van der Waals surface area contributed by atoms with Gasteiger partial charge in [-0.05, 0) is 25.5 Å². The average molecular weight is 285 g/mol. The fourth-order valence-electron chi connectivity index (χ4n) is 1.49. The molecule has 0 atom stereocenters. The Bertz CT molecular complexity index is 366. The van der Waals surface area contributed by atoms with Gasteiger partial charge in [0.2, 0.25) is 5.91 Å². The molecule has 1 aromatic rings. The van der Waals surface area contributed by atoms with Crippen LogP contribution in [0.25, 0.3) is 0 Å². The number of amides is 1. The first-order chi connectivity index (χ1) is 7.56. The maximum absolute atomic E-state index is 11.7. The first-order valence-corrected chi connectivity index (χ1v) is 6.08. The van der Waals surface area contributed by atoms with Crippen molar-refractivity contribution in [1.82, 2.24) is 4.90 Å². The average Bonchev–Trinajstić information content (AvgIpc) is 2.26. The minimum atomic E-state index is -0.0225. The molecule has 0 heterocycles. The maximum atomic E-state index is 11.7. The molecule has 0 radical (unpaired) electrons. The number of nitrogens with two attached hydrogens (primary N) is 1. The predicted octanol–water partition coefficient (Wildman–Crippen LogP) is 2.14. The van der Waals surface area contributed by atoms with Crippen molar-refractivity contribution in [2.24, 2.45) is 5.73 Å². The van der Waals surface area contributed by atoms with Crippen molar-refractivity contribution in [2.45, 2.75) is 26.4 Å². The van der Waals surface area contributed by atoms with E-state index in [1.54, 1.807) is 4.90 Å². The van der Waals surface area contributed by atoms with E-state index in [1.807, 2.05) is 38.1 Å². The second-order valence-corrected chi connectivity index (χ2v) is 4.77. The summed E-state index contributed by atoms with van der Waals surface area (Å²) in [4.78, 5) is 13.4. The zero-order valence-corrected chi connectivity index (χ0v) is 11.2. The molecule has 0 fully saturated rings. The highest BCUT2D eigenvalue weighted by Crippen LogP contribution is 2.18. The van der Waals surface area contributed by atoms with Crippen LogP contribution in [0, 0.1) is 0 Å². The van der Waals surface area contributed by atoms with Gasteiger partial charge in [-0.3, -0.25) is 4.79 Å². The third kappa shape index (κ3) is 3.32. The van der Waals surface area contributed by atoms with E-state index in [1.165, 1.54) is 0 Å². The first-order valence-electron chi connectivity index (χ1n) is 5.29. The van der Waals surface area contributed by atoms with Crippen LogP contribution in [0.5, 0.6) is 0 Å². The van der Waals surface area contributed by atoms with Crippen LogP contribution in [0.1, 0.15) is 19.4 Å². The SMILES string of the molecule is CC(C)N(Cc1ccccc1Br)C(=O)CN. The van der Waals surface area contributed by atoms with Crippen molar-refractivity contribution in [1.29, 1.82) is 0 Å². The van der Waals surface area contributed by atoms with Crippen molar-refractivity contribution in [3.63, 3.8) is 0 Å². The summed E-state index contributed by atoms with van der Waals surface area (Å²) >= 11 is 3.48. The molecule has 0 aliphatic heterocycles. The summed E-state index contributed by atoms with van der Waals surface area (Å²) in [7, 11) is 0. The highest BCUT2D eigenvalue weighted by Gasteiger charge is 2.16. The van der Waals surface area contributed by atoms with Gasteiger partial charge in [0.25, 0.3) is 0 Å². The maximum Gasteiger partial charge on any atom is 0.236 e. The van der Waals surface area contributed by atoms with Crippen molar-refractivity contribution in [3.05, 3.63) is 34.3 Å². The van der Waals surface area contributed by atoms with Crippen molar-refractivity contribution >= 4 is 21.8 Å². The zero-order valence-electron chi connectivity index (χ0n) is 9.61. The molecule has 0 unspecified atom stereocenters. The molecule has 0 saturated heterocycles. The summed E-state index contributed by atoms with van der Waals surface area (Å²) < 4.78 is 1.02. The lowest BCUT2D eigenvalue weighted by molar-refractivity contribution is -0.132. The van der Waals surface area contributed by atoms with Gasteiger partial charge in [0, 0.05) is 17.1 Å². The lowest BCUT2D eigenvalue weighted by Gasteiger charge is -2.26. The van der Waals surface area contributed by atoms with E-state index in [0.717, 1.165) is 10.0 Å². The lowest BCUT2D eigenvalue weighted by Crippen LogP contribution is -2.40. The molecular weight excluding hydrogens is 268 g/mol. The Kier molecular flexibility index (Phi) is 4.96. The number of benzene rings is 1. The van der Waals surface area contributed by atoms with Crippen LogP contribution in [-0.2, 0) is 11.3 Å². The summed E-state index contributed by atoms with van der Waals surface area (Å²) in [5.74, 6) is -0.0225. The summed E-state index contributed by atoms with van der Waals surface area (Å²) in [6.07, 6.45) is 0. The quantitative estimate of drug-likeness (QED) is 0.921. The summed E-state index contributed by atoms with van der Waals surface area (Å²) in [5, 5.41) is 0. The Morgan fingerprint density at radius 2 is 2.06 bits per heavy atom. The van der Waals surface area contributed by atoms with E-state index in [4.69, 9.17) is 5.73 Å². The zero-order chi connectivity index (χ0) is 12.1. The third-order valence-corrected chi connectivity index (χ3v) is 3.19. The largest absolute Gasteiger partial charge is 0.335 e. The van der Waals surface area contributed by atoms with Crippen molar-refractivity contribution in [2.75, 3.05) is 6.54 Å². The van der Waals surface area contributed by atoms with Gasteiger partial charge in [-0.25, -0.2) is 0 Å². The minimum Gasteiger partial charge on any atom is -0.335 e. The minimum absolute atomic E-state index is 0.0225. The molecular formula is C12H17BrN2O. The number of hydrogen-bond donors (Lipinski definition) is 1. The predicted molar refractivity (Wildman–Crippen MR) is 68.9 cm³/mol. The van der Waals surface area contributed by atoms with Gasteiger partial charge < -0.3 is 10.6 Å². The molecule has 1 amide bonds. The first kappa shape index (κ1) is 13.2. The Morgan fingerprint density at radius 1 is 1.44 bits per heavy atom. The number of rotatable bonds is 4. The summed E-state index contributed by atoms with van der Waals surface area (Å²) in [6.45, 7) is 4.63. The molecule has 0 aliphatic rings. The molecule has 0 aliphatic carbocycles. The Balaban J connectivity index is 2.84. The Hall–Kier alpha value is -0.870. The van der Waals surface area contributed by atoms with E-state index in [2.05, 4.69) is 15.9 Å². The number of carbonyl (C=O) groups is 1. The smallest absolute Gasteiger partial charge is 0.236 e. The van der Waals surface area contributed by atoms with Crippen LogP contribution in [0.2, 0.25) is 0 Å². The molecule has 1 rings (SSSR count). The van der Waals surface area contributed by atoms with Crippen molar-refractivity contribution in [3.8, 4) is 0 Å². The number of nitrogens with zero attached hydrogens (tertiary/aromatic N) is 1. The standard InChI is InChI=1S/C12H17BrN2O/c1-9(2)15(12(16)7-14)8-10-5-3-4-6-11(10)13/h3-6,9H,7-8,14H2,1-2H3. The molecule has 3 nitrogen and oxygen atoms in total. The molecule has 88 valence electrons. The van der Waals surface area contributed by atoms with Gasteiger partial charge in [0.1, 0.15) is 0 Å². The van der Waals surface area contributed by atoms with Gasteiger partial charge in [-0.15, -0.1) is 0 Å². The van der Waals surface area contributed by atoms with Crippen LogP contribution >= 0.6 is 15.9 Å². The van der Waals surface area contributed by atoms with Gasteiger partial charge in [0.05, 0.1) is 6.54 Å². The number of halogens is 1. The second kappa shape index (κ2) is 6.01. The van der Waals surface area contributed by atoms with Gasteiger partial charge >= 0.3 is 0 Å². The molecule has 2 N–H and O–H groups in total. The van der Waals surface area contributed by atoms with Crippen LogP contribution in [-0.4, -0.2) is 23.4 Å². The van der Waals surface area contributed by atoms with E-state index < -0.39 is 0 Å². The topological polar surface area (TPSA) is 46.3 Å². The van der Waals surface area contributed by atoms with Crippen LogP contribution in [0.3, 0.4) is 0 Å². The van der Waals surface area contributed by atoms with Gasteiger partial charge in [-0.1, -0.05) is 34.1 Å². The molecule has 16 heavy (non-hydrogen) atoms. The lowest BCUT2D eigenvalue weighted by atomic mass is 10.2. The number of hydrogen-bond acceptors (Lipinski definition) is 2. The Morgan fingerprint density at radius 3 is 2.56 bits per heavy atom. The highest BCUT2D eigenvalue weighted by atomic mass is 79.9. The van der Waals surface area contributed by atoms with E-state index >= 15 is 0 Å². The molecule has 0 saturated carbocycles. The summed E-state index contributed by atoms with van der Waals surface area (Å²) in [6, 6.07) is 8.05. The molecule has 0 spiro atoms. The Labute approximate surface area is 105 Å². The van der Waals surface area contributed by atoms with Crippen molar-refractivity contribution < 1.29 is 4.79 Å². The summed E-state index contributed by atoms with van der Waals surface area (Å²) in [5.41, 5.74) is 6.49. The second-order valence-electron chi connectivity index (χ2n) is 3.91. The normalized spacial score (nSPS) is 10.6. The van der Waals surface area contributed by atoms with Crippen LogP contribution < -0.4 is 5.73 Å². The molecule has 0 bridgehead atoms. The monoisotopic (exact) mass is 284 g/mol.